The van der Waals surface area contributed by atoms with Crippen molar-refractivity contribution in [3.05, 3.63) is 64.4 Å². The summed E-state index contributed by atoms with van der Waals surface area (Å²) in [5.41, 5.74) is 1.94. The molecule has 2 aromatic carbocycles. The van der Waals surface area contributed by atoms with E-state index < -0.39 is 5.82 Å². The van der Waals surface area contributed by atoms with E-state index in [-0.39, 0.29) is 17.2 Å². The van der Waals surface area contributed by atoms with Crippen molar-refractivity contribution in [1.82, 2.24) is 4.90 Å². The first-order chi connectivity index (χ1) is 11.6. The molecular weight excluding hydrogens is 329 g/mol. The third-order valence-corrected chi connectivity index (χ3v) is 4.75. The van der Waals surface area contributed by atoms with E-state index in [1.165, 1.54) is 11.6 Å². The zero-order chi connectivity index (χ0) is 17.1. The second-order valence-electron chi connectivity index (χ2n) is 6.08. The Kier molecular flexibility index (Phi) is 5.39. The molecule has 24 heavy (non-hydrogen) atoms. The van der Waals surface area contributed by atoms with E-state index in [0.717, 1.165) is 24.4 Å². The lowest BCUT2D eigenvalue weighted by Gasteiger charge is -2.39. The SMILES string of the molecule is COc1ccc(CN2C[C@H](C)OC[C@H]2c2cccc(F)c2Cl)cc1. The summed E-state index contributed by atoms with van der Waals surface area (Å²) in [6.07, 6.45) is 0.131. The highest BCUT2D eigenvalue weighted by atomic mass is 35.5. The van der Waals surface area contributed by atoms with Gasteiger partial charge >= 0.3 is 0 Å². The van der Waals surface area contributed by atoms with Crippen molar-refractivity contribution >= 4 is 11.6 Å². The first kappa shape index (κ1) is 17.2. The number of ether oxygens (including phenoxy) is 2. The van der Waals surface area contributed by atoms with Crippen molar-refractivity contribution in [3.63, 3.8) is 0 Å². The predicted molar refractivity (Wildman–Crippen MR) is 93.0 cm³/mol. The van der Waals surface area contributed by atoms with E-state index >= 15 is 0 Å². The minimum absolute atomic E-state index is 0.0634. The lowest BCUT2D eigenvalue weighted by atomic mass is 10.0. The summed E-state index contributed by atoms with van der Waals surface area (Å²) in [5.74, 6) is 0.441. The number of halogens is 2. The van der Waals surface area contributed by atoms with Crippen molar-refractivity contribution in [2.45, 2.75) is 25.6 Å². The molecule has 2 atom stereocenters. The smallest absolute Gasteiger partial charge is 0.142 e. The van der Waals surface area contributed by atoms with Crippen molar-refractivity contribution in [2.75, 3.05) is 20.3 Å². The molecule has 128 valence electrons. The molecule has 0 bridgehead atoms. The summed E-state index contributed by atoms with van der Waals surface area (Å²) in [5, 5.41) is 0.181. The molecular formula is C19H21ClFNO2. The van der Waals surface area contributed by atoms with Crippen LogP contribution in [-0.2, 0) is 11.3 Å². The standard InChI is InChI=1S/C19H21ClFNO2/c1-13-10-22(11-14-6-8-15(23-2)9-7-14)18(12-24-13)16-4-3-5-17(21)19(16)20/h3-9,13,18H,10-12H2,1-2H3/t13-,18-/m0/s1. The van der Waals surface area contributed by atoms with Crippen LogP contribution in [0.1, 0.15) is 24.1 Å². The number of morpholine rings is 1. The van der Waals surface area contributed by atoms with Crippen molar-refractivity contribution in [2.24, 2.45) is 0 Å². The minimum Gasteiger partial charge on any atom is -0.497 e. The molecule has 0 aromatic heterocycles. The zero-order valence-corrected chi connectivity index (χ0v) is 14.6. The maximum Gasteiger partial charge on any atom is 0.142 e. The third-order valence-electron chi connectivity index (χ3n) is 4.36. The maximum atomic E-state index is 13.8. The fourth-order valence-corrected chi connectivity index (χ4v) is 3.33. The first-order valence-corrected chi connectivity index (χ1v) is 8.38. The van der Waals surface area contributed by atoms with Gasteiger partial charge in [0.1, 0.15) is 11.6 Å². The molecule has 2 aromatic rings. The van der Waals surface area contributed by atoms with Gasteiger partial charge in [-0.2, -0.15) is 0 Å². The van der Waals surface area contributed by atoms with Gasteiger partial charge in [0.25, 0.3) is 0 Å². The normalized spacial score (nSPS) is 21.7. The van der Waals surface area contributed by atoms with E-state index in [0.29, 0.717) is 6.61 Å². The maximum absolute atomic E-state index is 13.8. The lowest BCUT2D eigenvalue weighted by molar-refractivity contribution is -0.0598. The fourth-order valence-electron chi connectivity index (χ4n) is 3.08. The highest BCUT2D eigenvalue weighted by Crippen LogP contribution is 2.33. The Balaban J connectivity index is 1.85. The summed E-state index contributed by atoms with van der Waals surface area (Å²) in [4.78, 5) is 2.29. The van der Waals surface area contributed by atoms with E-state index in [9.17, 15) is 4.39 Å². The highest BCUT2D eigenvalue weighted by molar-refractivity contribution is 6.31. The average molecular weight is 350 g/mol. The largest absolute Gasteiger partial charge is 0.497 e. The molecule has 0 unspecified atom stereocenters. The summed E-state index contributed by atoms with van der Waals surface area (Å²) in [7, 11) is 1.65. The van der Waals surface area contributed by atoms with E-state index in [4.69, 9.17) is 21.1 Å². The Morgan fingerprint density at radius 3 is 2.71 bits per heavy atom. The molecule has 1 fully saturated rings. The van der Waals surface area contributed by atoms with Crippen molar-refractivity contribution in [1.29, 1.82) is 0 Å². The lowest BCUT2D eigenvalue weighted by Crippen LogP contribution is -2.43. The van der Waals surface area contributed by atoms with Gasteiger partial charge in [0, 0.05) is 13.1 Å². The molecule has 0 radical (unpaired) electrons. The minimum atomic E-state index is -0.391. The van der Waals surface area contributed by atoms with Crippen molar-refractivity contribution in [3.8, 4) is 5.75 Å². The quantitative estimate of drug-likeness (QED) is 0.814. The average Bonchev–Trinajstić information content (AvgIpc) is 2.59. The molecule has 1 aliphatic heterocycles. The van der Waals surface area contributed by atoms with Crippen LogP contribution in [0.15, 0.2) is 42.5 Å². The molecule has 1 heterocycles. The van der Waals surface area contributed by atoms with Crippen LogP contribution in [0.3, 0.4) is 0 Å². The van der Waals surface area contributed by atoms with Crippen LogP contribution < -0.4 is 4.74 Å². The predicted octanol–water partition coefficient (Wildman–Crippen LogP) is 4.45. The molecule has 1 saturated heterocycles. The van der Waals surface area contributed by atoms with E-state index in [2.05, 4.69) is 4.90 Å². The Bertz CT molecular complexity index is 692. The summed E-state index contributed by atoms with van der Waals surface area (Å²) >= 11 is 6.20. The second kappa shape index (κ2) is 7.51. The topological polar surface area (TPSA) is 21.7 Å². The molecule has 5 heteroatoms. The Labute approximate surface area is 146 Å². The molecule has 1 aliphatic rings. The molecule has 0 N–H and O–H groups in total. The number of benzene rings is 2. The van der Waals surface area contributed by atoms with Gasteiger partial charge in [-0.05, 0) is 36.2 Å². The Morgan fingerprint density at radius 2 is 2.00 bits per heavy atom. The number of hydrogen-bond donors (Lipinski definition) is 0. The first-order valence-electron chi connectivity index (χ1n) is 8.01. The number of methoxy groups -OCH3 is 1. The van der Waals surface area contributed by atoms with Gasteiger partial charge in [-0.3, -0.25) is 4.90 Å². The van der Waals surface area contributed by atoms with Crippen molar-refractivity contribution < 1.29 is 13.9 Å². The van der Waals surface area contributed by atoms with Crippen LogP contribution in [0.5, 0.6) is 5.75 Å². The van der Waals surface area contributed by atoms with Crippen LogP contribution in [0.2, 0.25) is 5.02 Å². The number of rotatable bonds is 4. The van der Waals surface area contributed by atoms with Crippen LogP contribution >= 0.6 is 11.6 Å². The zero-order valence-electron chi connectivity index (χ0n) is 13.8. The van der Waals surface area contributed by atoms with Crippen LogP contribution in [-0.4, -0.2) is 31.3 Å². The van der Waals surface area contributed by atoms with Crippen LogP contribution in [0.4, 0.5) is 4.39 Å². The van der Waals surface area contributed by atoms with Gasteiger partial charge in [0.05, 0.1) is 30.9 Å². The summed E-state index contributed by atoms with van der Waals surface area (Å²) in [6, 6.07) is 12.9. The molecule has 3 rings (SSSR count). The number of nitrogens with zero attached hydrogens (tertiary/aromatic N) is 1. The van der Waals surface area contributed by atoms with E-state index in [1.807, 2.05) is 37.3 Å². The summed E-state index contributed by atoms with van der Waals surface area (Å²) < 4.78 is 24.8. The van der Waals surface area contributed by atoms with Crippen LogP contribution in [0, 0.1) is 5.82 Å². The van der Waals surface area contributed by atoms with E-state index in [1.54, 1.807) is 13.2 Å². The van der Waals surface area contributed by atoms with Gasteiger partial charge in [-0.15, -0.1) is 0 Å². The number of hydrogen-bond acceptors (Lipinski definition) is 3. The van der Waals surface area contributed by atoms with Gasteiger partial charge in [0.15, 0.2) is 0 Å². The second-order valence-corrected chi connectivity index (χ2v) is 6.46. The molecule has 0 spiro atoms. The van der Waals surface area contributed by atoms with Gasteiger partial charge < -0.3 is 9.47 Å². The molecule has 0 aliphatic carbocycles. The Hall–Kier alpha value is -1.62. The molecule has 0 amide bonds. The fraction of sp³-hybridized carbons (Fsp3) is 0.368. The van der Waals surface area contributed by atoms with Gasteiger partial charge in [-0.1, -0.05) is 35.9 Å². The molecule has 0 saturated carbocycles. The molecule has 3 nitrogen and oxygen atoms in total. The van der Waals surface area contributed by atoms with Gasteiger partial charge in [0.2, 0.25) is 0 Å². The Morgan fingerprint density at radius 1 is 1.25 bits per heavy atom. The van der Waals surface area contributed by atoms with Gasteiger partial charge in [-0.25, -0.2) is 4.39 Å². The third kappa shape index (κ3) is 3.72. The van der Waals surface area contributed by atoms with Crippen LogP contribution in [0.25, 0.3) is 0 Å². The highest BCUT2D eigenvalue weighted by Gasteiger charge is 2.30. The summed E-state index contributed by atoms with van der Waals surface area (Å²) in [6.45, 7) is 4.06. The monoisotopic (exact) mass is 349 g/mol.